The number of hydrogen-bond donors (Lipinski definition) is 0. The topological polar surface area (TPSA) is 0 Å². The van der Waals surface area contributed by atoms with Crippen LogP contribution in [0.2, 0.25) is 0 Å². The lowest BCUT2D eigenvalue weighted by molar-refractivity contribution is 0.755. The zero-order chi connectivity index (χ0) is 8.15. The number of hydrogen-bond acceptors (Lipinski definition) is 0. The summed E-state index contributed by atoms with van der Waals surface area (Å²) < 4.78 is 0. The highest BCUT2D eigenvalue weighted by Gasteiger charge is 2.12. The lowest BCUT2D eigenvalue weighted by Gasteiger charge is -2.03. The highest BCUT2D eigenvalue weighted by atomic mass is 14.1. The van der Waals surface area contributed by atoms with E-state index in [0.717, 1.165) is 0 Å². The van der Waals surface area contributed by atoms with Crippen molar-refractivity contribution in [3.63, 3.8) is 0 Å². The average molecular weight is 139 g/mol. The van der Waals surface area contributed by atoms with Crippen LogP contribution in [-0.2, 0) is 0 Å². The van der Waals surface area contributed by atoms with Gasteiger partial charge >= 0.3 is 0 Å². The van der Waals surface area contributed by atoms with E-state index in [0.29, 0.717) is 5.92 Å². The minimum Gasteiger partial charge on any atom is -0.0551 e. The van der Waals surface area contributed by atoms with Crippen molar-refractivity contribution in [1.82, 2.24) is 0 Å². The van der Waals surface area contributed by atoms with E-state index in [1.807, 2.05) is 0 Å². The van der Waals surface area contributed by atoms with Crippen LogP contribution in [-0.4, -0.2) is 0 Å². The Morgan fingerprint density at radius 2 is 1.90 bits per heavy atom. The van der Waals surface area contributed by atoms with Gasteiger partial charge in [-0.1, -0.05) is 13.8 Å². The second kappa shape index (κ2) is 4.43. The Balaban J connectivity index is 4.29. The van der Waals surface area contributed by atoms with E-state index < -0.39 is 0 Å². The van der Waals surface area contributed by atoms with Gasteiger partial charge in [0.25, 0.3) is 0 Å². The molecule has 0 spiro atoms. The van der Waals surface area contributed by atoms with Crippen LogP contribution in [0.1, 0.15) is 41.0 Å². The van der Waals surface area contributed by atoms with Crippen LogP contribution in [0.3, 0.4) is 0 Å². The van der Waals surface area contributed by atoms with E-state index in [-0.39, 0.29) is 0 Å². The van der Waals surface area contributed by atoms with Gasteiger partial charge in [-0.05, 0) is 6.92 Å². The molecular weight excluding hydrogens is 120 g/mol. The molecule has 0 radical (unpaired) electrons. The highest BCUT2D eigenvalue weighted by Crippen LogP contribution is 2.18. The van der Waals surface area contributed by atoms with Crippen LogP contribution < -0.4 is 0 Å². The fourth-order valence-electron chi connectivity index (χ4n) is 1.28. The highest BCUT2D eigenvalue weighted by molar-refractivity contribution is 5.20. The first-order chi connectivity index (χ1) is 4.63. The van der Waals surface area contributed by atoms with Gasteiger partial charge in [0.05, 0.1) is 5.57 Å². The Morgan fingerprint density at radius 1 is 1.40 bits per heavy atom. The SMILES string of the molecule is C[CH+]C(=C(C)CC)C(C)C. The van der Waals surface area contributed by atoms with Gasteiger partial charge < -0.3 is 0 Å². The maximum atomic E-state index is 2.24. The molecule has 0 fully saturated rings. The van der Waals surface area contributed by atoms with Crippen molar-refractivity contribution in [2.24, 2.45) is 5.92 Å². The third kappa shape index (κ3) is 2.47. The average Bonchev–Trinajstić information content (AvgIpc) is 1.88. The lowest BCUT2D eigenvalue weighted by atomic mass is 9.95. The fraction of sp³-hybridized carbons (Fsp3) is 0.700. The first-order valence-corrected chi connectivity index (χ1v) is 4.12. The molecule has 0 aromatic carbocycles. The number of rotatable bonds is 3. The second-order valence-corrected chi connectivity index (χ2v) is 3.03. The number of allylic oxidation sites excluding steroid dienone is 2. The summed E-state index contributed by atoms with van der Waals surface area (Å²) in [7, 11) is 0. The summed E-state index contributed by atoms with van der Waals surface area (Å²) in [5.41, 5.74) is 3.04. The second-order valence-electron chi connectivity index (χ2n) is 3.03. The van der Waals surface area contributed by atoms with Crippen LogP contribution in [0.25, 0.3) is 0 Å². The van der Waals surface area contributed by atoms with Gasteiger partial charge in [0.1, 0.15) is 5.57 Å². The molecule has 10 heavy (non-hydrogen) atoms. The molecule has 0 nitrogen and oxygen atoms in total. The molecule has 0 heterocycles. The summed E-state index contributed by atoms with van der Waals surface area (Å²) in [5, 5.41) is 0. The Morgan fingerprint density at radius 3 is 2.00 bits per heavy atom. The molecule has 0 bridgehead atoms. The maximum absolute atomic E-state index is 2.24. The molecule has 0 aliphatic heterocycles. The molecular formula is C10H19+. The minimum atomic E-state index is 0.685. The third-order valence-corrected chi connectivity index (χ3v) is 1.96. The quantitative estimate of drug-likeness (QED) is 0.524. The summed E-state index contributed by atoms with van der Waals surface area (Å²) >= 11 is 0. The Bertz CT molecular complexity index is 118. The molecule has 0 amide bonds. The predicted octanol–water partition coefficient (Wildman–Crippen LogP) is 3.59. The molecule has 0 rings (SSSR count). The van der Waals surface area contributed by atoms with Crippen molar-refractivity contribution < 1.29 is 0 Å². The zero-order valence-corrected chi connectivity index (χ0v) is 7.86. The monoisotopic (exact) mass is 139 g/mol. The summed E-state index contributed by atoms with van der Waals surface area (Å²) in [4.78, 5) is 0. The summed E-state index contributed by atoms with van der Waals surface area (Å²) in [5.74, 6) is 0.685. The molecule has 0 unspecified atom stereocenters. The standard InChI is InChI=1S/C10H19/c1-6-9(5)10(7-2)8(3)4/h7-8H,6H2,1-5H3/q+1. The molecule has 0 saturated heterocycles. The Labute approximate surface area is 65.3 Å². The van der Waals surface area contributed by atoms with E-state index in [9.17, 15) is 0 Å². The van der Waals surface area contributed by atoms with Crippen LogP contribution >= 0.6 is 0 Å². The van der Waals surface area contributed by atoms with Gasteiger partial charge in [-0.3, -0.25) is 0 Å². The zero-order valence-electron chi connectivity index (χ0n) is 7.86. The smallest absolute Gasteiger partial charge is 0.0551 e. The molecule has 0 aromatic rings. The van der Waals surface area contributed by atoms with Gasteiger partial charge in [-0.2, -0.15) is 0 Å². The van der Waals surface area contributed by atoms with Crippen molar-refractivity contribution in [2.45, 2.75) is 41.0 Å². The molecule has 0 aliphatic rings. The minimum absolute atomic E-state index is 0.685. The lowest BCUT2D eigenvalue weighted by Crippen LogP contribution is -1.96. The van der Waals surface area contributed by atoms with Crippen molar-refractivity contribution in [3.8, 4) is 0 Å². The molecule has 58 valence electrons. The summed E-state index contributed by atoms with van der Waals surface area (Å²) in [6.07, 6.45) is 3.40. The predicted molar refractivity (Wildman–Crippen MR) is 47.8 cm³/mol. The van der Waals surface area contributed by atoms with Crippen LogP contribution in [0, 0.1) is 12.3 Å². The summed E-state index contributed by atoms with van der Waals surface area (Å²) in [6, 6.07) is 0. The van der Waals surface area contributed by atoms with Gasteiger partial charge in [0.15, 0.2) is 0 Å². The molecule has 0 atom stereocenters. The van der Waals surface area contributed by atoms with E-state index in [1.54, 1.807) is 0 Å². The van der Waals surface area contributed by atoms with Crippen molar-refractivity contribution in [3.05, 3.63) is 17.6 Å². The van der Waals surface area contributed by atoms with Gasteiger partial charge in [-0.15, -0.1) is 0 Å². The first kappa shape index (κ1) is 9.61. The molecule has 0 aromatic heterocycles. The molecule has 0 saturated carbocycles. The van der Waals surface area contributed by atoms with Crippen LogP contribution in [0.15, 0.2) is 11.1 Å². The van der Waals surface area contributed by atoms with E-state index in [4.69, 9.17) is 0 Å². The van der Waals surface area contributed by atoms with Gasteiger partial charge in [0, 0.05) is 32.6 Å². The van der Waals surface area contributed by atoms with E-state index >= 15 is 0 Å². The molecule has 0 heteroatoms. The van der Waals surface area contributed by atoms with Crippen LogP contribution in [0.5, 0.6) is 0 Å². The summed E-state index contributed by atoms with van der Waals surface area (Å²) in [6.45, 7) is 11.0. The van der Waals surface area contributed by atoms with E-state index in [1.165, 1.54) is 17.6 Å². The van der Waals surface area contributed by atoms with Crippen molar-refractivity contribution in [1.29, 1.82) is 0 Å². The Hall–Kier alpha value is -0.390. The van der Waals surface area contributed by atoms with Crippen LogP contribution in [0.4, 0.5) is 0 Å². The normalized spacial score (nSPS) is 13.4. The van der Waals surface area contributed by atoms with Gasteiger partial charge in [-0.25, -0.2) is 0 Å². The largest absolute Gasteiger partial charge is 0.107 e. The van der Waals surface area contributed by atoms with E-state index in [2.05, 4.69) is 41.0 Å². The maximum Gasteiger partial charge on any atom is 0.107 e. The molecule has 0 N–H and O–H groups in total. The third-order valence-electron chi connectivity index (χ3n) is 1.96. The Kier molecular flexibility index (Phi) is 4.26. The fourth-order valence-corrected chi connectivity index (χ4v) is 1.28. The molecule has 0 aliphatic carbocycles. The first-order valence-electron chi connectivity index (χ1n) is 4.12. The van der Waals surface area contributed by atoms with Gasteiger partial charge in [0.2, 0.25) is 0 Å². The van der Waals surface area contributed by atoms with Crippen molar-refractivity contribution >= 4 is 0 Å². The van der Waals surface area contributed by atoms with Crippen molar-refractivity contribution in [2.75, 3.05) is 0 Å².